The van der Waals surface area contributed by atoms with E-state index in [0.717, 1.165) is 5.56 Å². The van der Waals surface area contributed by atoms with E-state index in [2.05, 4.69) is 0 Å². The standard InChI is InChI=1S/C14H16N2O3/c15-10-14(18)7-4-8-16(11-14)13(17)19-9-12-5-2-1-3-6-12/h1-3,5-6,18H,4,7-9,11H2. The van der Waals surface area contributed by atoms with Gasteiger partial charge < -0.3 is 14.7 Å². The second kappa shape index (κ2) is 5.72. The Hall–Kier alpha value is -2.06. The van der Waals surface area contributed by atoms with Crippen LogP contribution in [0.25, 0.3) is 0 Å². The van der Waals surface area contributed by atoms with Crippen LogP contribution in [0.15, 0.2) is 30.3 Å². The summed E-state index contributed by atoms with van der Waals surface area (Å²) in [6.45, 7) is 0.718. The molecule has 1 amide bonds. The van der Waals surface area contributed by atoms with Crippen molar-refractivity contribution in [2.24, 2.45) is 0 Å². The highest BCUT2D eigenvalue weighted by Gasteiger charge is 2.35. The normalized spacial score (nSPS) is 22.6. The number of piperidine rings is 1. The molecule has 0 radical (unpaired) electrons. The molecule has 1 saturated heterocycles. The Bertz CT molecular complexity index is 483. The number of hydrogen-bond acceptors (Lipinski definition) is 4. The van der Waals surface area contributed by atoms with Crippen LogP contribution in [-0.2, 0) is 11.3 Å². The van der Waals surface area contributed by atoms with Crippen molar-refractivity contribution in [3.8, 4) is 6.07 Å². The van der Waals surface area contributed by atoms with Gasteiger partial charge in [-0.05, 0) is 18.4 Å². The number of carbonyl (C=O) groups is 1. The van der Waals surface area contributed by atoms with Gasteiger partial charge in [-0.25, -0.2) is 4.79 Å². The zero-order valence-corrected chi connectivity index (χ0v) is 10.6. The largest absolute Gasteiger partial charge is 0.445 e. The zero-order chi connectivity index (χ0) is 13.7. The predicted octanol–water partition coefficient (Wildman–Crippen LogP) is 1.67. The molecule has 5 heteroatoms. The number of ether oxygens (including phenoxy) is 1. The quantitative estimate of drug-likeness (QED) is 0.821. The van der Waals surface area contributed by atoms with Gasteiger partial charge in [0.25, 0.3) is 0 Å². The molecule has 0 aliphatic carbocycles. The second-order valence-corrected chi connectivity index (χ2v) is 4.71. The van der Waals surface area contributed by atoms with Crippen molar-refractivity contribution in [3.63, 3.8) is 0 Å². The number of carbonyl (C=O) groups excluding carboxylic acids is 1. The minimum absolute atomic E-state index is 0.0110. The predicted molar refractivity (Wildman–Crippen MR) is 68.0 cm³/mol. The Morgan fingerprint density at radius 1 is 1.47 bits per heavy atom. The molecule has 1 aliphatic heterocycles. The number of β-amino-alcohol motifs (C(OH)–C–C–N with tert-alkyl or cyclic N) is 1. The number of hydrogen-bond donors (Lipinski definition) is 1. The second-order valence-electron chi connectivity index (χ2n) is 4.71. The summed E-state index contributed by atoms with van der Waals surface area (Å²) < 4.78 is 5.17. The topological polar surface area (TPSA) is 73.6 Å². The van der Waals surface area contributed by atoms with Crippen LogP contribution in [0, 0.1) is 11.3 Å². The Morgan fingerprint density at radius 3 is 2.89 bits per heavy atom. The molecule has 1 fully saturated rings. The molecule has 100 valence electrons. The van der Waals surface area contributed by atoms with E-state index in [1.807, 2.05) is 36.4 Å². The van der Waals surface area contributed by atoms with E-state index < -0.39 is 11.7 Å². The van der Waals surface area contributed by atoms with E-state index in [4.69, 9.17) is 10.00 Å². The third kappa shape index (κ3) is 3.46. The lowest BCUT2D eigenvalue weighted by molar-refractivity contribution is 0.00787. The van der Waals surface area contributed by atoms with Crippen molar-refractivity contribution in [3.05, 3.63) is 35.9 Å². The van der Waals surface area contributed by atoms with Crippen LogP contribution in [0.3, 0.4) is 0 Å². The third-order valence-electron chi connectivity index (χ3n) is 3.14. The molecule has 19 heavy (non-hydrogen) atoms. The molecule has 2 rings (SSSR count). The number of amides is 1. The summed E-state index contributed by atoms with van der Waals surface area (Å²) in [5.41, 5.74) is -0.535. The molecule has 5 nitrogen and oxygen atoms in total. The van der Waals surface area contributed by atoms with E-state index in [1.165, 1.54) is 4.90 Å². The van der Waals surface area contributed by atoms with Crippen LogP contribution in [0.5, 0.6) is 0 Å². The van der Waals surface area contributed by atoms with E-state index in [1.54, 1.807) is 0 Å². The van der Waals surface area contributed by atoms with Crippen LogP contribution >= 0.6 is 0 Å². The molecule has 1 heterocycles. The molecule has 0 saturated carbocycles. The lowest BCUT2D eigenvalue weighted by Gasteiger charge is -2.33. The van der Waals surface area contributed by atoms with E-state index >= 15 is 0 Å². The van der Waals surface area contributed by atoms with Gasteiger partial charge in [0, 0.05) is 6.54 Å². The van der Waals surface area contributed by atoms with Crippen molar-refractivity contribution in [2.75, 3.05) is 13.1 Å². The van der Waals surface area contributed by atoms with Crippen LogP contribution < -0.4 is 0 Å². The maximum absolute atomic E-state index is 11.9. The van der Waals surface area contributed by atoms with Crippen molar-refractivity contribution < 1.29 is 14.6 Å². The number of benzene rings is 1. The summed E-state index contributed by atoms with van der Waals surface area (Å²) in [6, 6.07) is 11.2. The first-order valence-corrected chi connectivity index (χ1v) is 6.22. The maximum Gasteiger partial charge on any atom is 0.410 e. The first kappa shape index (κ1) is 13.4. The van der Waals surface area contributed by atoms with E-state index in [0.29, 0.717) is 19.4 Å². The fourth-order valence-corrected chi connectivity index (χ4v) is 2.09. The third-order valence-corrected chi connectivity index (χ3v) is 3.14. The molecule has 1 N–H and O–H groups in total. The van der Waals surface area contributed by atoms with E-state index in [-0.39, 0.29) is 13.2 Å². The van der Waals surface area contributed by atoms with Crippen molar-refractivity contribution in [1.29, 1.82) is 5.26 Å². The fraction of sp³-hybridized carbons (Fsp3) is 0.429. The average Bonchev–Trinajstić information content (AvgIpc) is 2.46. The minimum atomic E-state index is -1.44. The van der Waals surface area contributed by atoms with Crippen molar-refractivity contribution in [1.82, 2.24) is 4.90 Å². The summed E-state index contributed by atoms with van der Waals surface area (Å²) in [6.07, 6.45) is 0.508. The van der Waals surface area contributed by atoms with Crippen molar-refractivity contribution >= 4 is 6.09 Å². The summed E-state index contributed by atoms with van der Waals surface area (Å²) >= 11 is 0. The van der Waals surface area contributed by atoms with Gasteiger partial charge in [-0.1, -0.05) is 30.3 Å². The SMILES string of the molecule is N#CC1(O)CCCN(C(=O)OCc2ccccc2)C1. The van der Waals surface area contributed by atoms with Gasteiger partial charge in [-0.15, -0.1) is 0 Å². The first-order chi connectivity index (χ1) is 9.13. The van der Waals surface area contributed by atoms with Gasteiger partial charge in [-0.2, -0.15) is 5.26 Å². The van der Waals surface area contributed by atoms with Gasteiger partial charge >= 0.3 is 6.09 Å². The monoisotopic (exact) mass is 260 g/mol. The number of nitrogens with zero attached hydrogens (tertiary/aromatic N) is 2. The lowest BCUT2D eigenvalue weighted by atomic mass is 9.95. The Morgan fingerprint density at radius 2 is 2.21 bits per heavy atom. The Kier molecular flexibility index (Phi) is 4.03. The number of rotatable bonds is 2. The van der Waals surface area contributed by atoms with Crippen LogP contribution in [-0.4, -0.2) is 34.8 Å². The van der Waals surface area contributed by atoms with Gasteiger partial charge in [-0.3, -0.25) is 0 Å². The van der Waals surface area contributed by atoms with Crippen LogP contribution in [0.2, 0.25) is 0 Å². The molecule has 1 aromatic rings. The highest BCUT2D eigenvalue weighted by atomic mass is 16.6. The molecule has 1 aromatic carbocycles. The summed E-state index contributed by atoms with van der Waals surface area (Å²) in [5, 5.41) is 18.8. The Balaban J connectivity index is 1.88. The van der Waals surface area contributed by atoms with Gasteiger partial charge in [0.05, 0.1) is 12.6 Å². The summed E-state index contributed by atoms with van der Waals surface area (Å²) in [7, 11) is 0. The Labute approximate surface area is 112 Å². The molecule has 1 atom stereocenters. The zero-order valence-electron chi connectivity index (χ0n) is 10.6. The number of aliphatic hydroxyl groups is 1. The molecular weight excluding hydrogens is 244 g/mol. The molecule has 0 bridgehead atoms. The molecule has 0 aromatic heterocycles. The maximum atomic E-state index is 11.9. The van der Waals surface area contributed by atoms with Crippen LogP contribution in [0.4, 0.5) is 4.79 Å². The van der Waals surface area contributed by atoms with Gasteiger partial charge in [0.2, 0.25) is 0 Å². The average molecular weight is 260 g/mol. The van der Waals surface area contributed by atoms with Gasteiger partial charge in [0.15, 0.2) is 5.60 Å². The number of nitriles is 1. The summed E-state index contributed by atoms with van der Waals surface area (Å²) in [5.74, 6) is 0. The number of likely N-dealkylation sites (tertiary alicyclic amines) is 1. The first-order valence-electron chi connectivity index (χ1n) is 6.22. The van der Waals surface area contributed by atoms with Gasteiger partial charge in [0.1, 0.15) is 6.61 Å². The molecule has 1 unspecified atom stereocenters. The van der Waals surface area contributed by atoms with Crippen LogP contribution in [0.1, 0.15) is 18.4 Å². The van der Waals surface area contributed by atoms with Crippen molar-refractivity contribution in [2.45, 2.75) is 25.0 Å². The molecular formula is C14H16N2O3. The smallest absolute Gasteiger partial charge is 0.410 e. The fourth-order valence-electron chi connectivity index (χ4n) is 2.09. The molecule has 1 aliphatic rings. The molecule has 0 spiro atoms. The van der Waals surface area contributed by atoms with E-state index in [9.17, 15) is 9.90 Å². The lowest BCUT2D eigenvalue weighted by Crippen LogP contribution is -2.49. The minimum Gasteiger partial charge on any atom is -0.445 e. The highest BCUT2D eigenvalue weighted by Crippen LogP contribution is 2.21. The summed E-state index contributed by atoms with van der Waals surface area (Å²) in [4.78, 5) is 13.2. The highest BCUT2D eigenvalue weighted by molar-refractivity contribution is 5.68.